The van der Waals surface area contributed by atoms with E-state index in [1.54, 1.807) is 0 Å². The minimum atomic E-state index is 0.631. The second kappa shape index (κ2) is 6.06. The Labute approximate surface area is 128 Å². The van der Waals surface area contributed by atoms with E-state index >= 15 is 0 Å². The van der Waals surface area contributed by atoms with Gasteiger partial charge in [-0.2, -0.15) is 0 Å². The van der Waals surface area contributed by atoms with Crippen molar-refractivity contribution in [1.82, 2.24) is 10.3 Å². The SMILES string of the molecule is Cc1cccc(CNC2CC(c3ccc(Br)cc3)C2)n1. The summed E-state index contributed by atoms with van der Waals surface area (Å²) < 4.78 is 1.15. The molecule has 0 amide bonds. The first-order valence-electron chi connectivity index (χ1n) is 7.12. The number of hydrogen-bond donors (Lipinski definition) is 1. The summed E-state index contributed by atoms with van der Waals surface area (Å²) in [5, 5.41) is 3.60. The third kappa shape index (κ3) is 3.28. The van der Waals surface area contributed by atoms with Gasteiger partial charge in [-0.3, -0.25) is 4.98 Å². The highest BCUT2D eigenvalue weighted by molar-refractivity contribution is 9.10. The van der Waals surface area contributed by atoms with Crippen molar-refractivity contribution in [2.24, 2.45) is 0 Å². The highest BCUT2D eigenvalue weighted by Crippen LogP contribution is 2.37. The molecule has 1 heterocycles. The smallest absolute Gasteiger partial charge is 0.0544 e. The van der Waals surface area contributed by atoms with Crippen molar-refractivity contribution >= 4 is 15.9 Å². The molecule has 1 aliphatic rings. The Morgan fingerprint density at radius 3 is 2.60 bits per heavy atom. The predicted octanol–water partition coefficient (Wildman–Crippen LogP) is 4.19. The number of benzene rings is 1. The first kappa shape index (κ1) is 13.8. The maximum atomic E-state index is 4.52. The van der Waals surface area contributed by atoms with Gasteiger partial charge in [0, 0.05) is 22.8 Å². The molecule has 0 unspecified atom stereocenters. The first-order chi connectivity index (χ1) is 9.70. The number of rotatable bonds is 4. The van der Waals surface area contributed by atoms with E-state index < -0.39 is 0 Å². The van der Waals surface area contributed by atoms with E-state index in [1.165, 1.54) is 18.4 Å². The van der Waals surface area contributed by atoms with E-state index in [4.69, 9.17) is 0 Å². The van der Waals surface area contributed by atoms with E-state index in [0.717, 1.165) is 22.4 Å². The van der Waals surface area contributed by atoms with Crippen LogP contribution < -0.4 is 5.32 Å². The summed E-state index contributed by atoms with van der Waals surface area (Å²) in [5.41, 5.74) is 3.68. The molecule has 3 rings (SSSR count). The van der Waals surface area contributed by atoms with Crippen molar-refractivity contribution in [3.8, 4) is 0 Å². The summed E-state index contributed by atoms with van der Waals surface area (Å²) in [7, 11) is 0. The molecule has 1 aromatic heterocycles. The molecule has 0 aliphatic heterocycles. The molecule has 0 radical (unpaired) electrons. The molecule has 3 heteroatoms. The highest BCUT2D eigenvalue weighted by atomic mass is 79.9. The Balaban J connectivity index is 1.48. The van der Waals surface area contributed by atoms with Crippen LogP contribution in [0.15, 0.2) is 46.9 Å². The largest absolute Gasteiger partial charge is 0.308 e. The quantitative estimate of drug-likeness (QED) is 0.909. The lowest BCUT2D eigenvalue weighted by atomic mass is 9.76. The summed E-state index contributed by atoms with van der Waals surface area (Å²) in [6.45, 7) is 2.91. The van der Waals surface area contributed by atoms with E-state index in [-0.39, 0.29) is 0 Å². The van der Waals surface area contributed by atoms with Crippen molar-refractivity contribution in [2.75, 3.05) is 0 Å². The van der Waals surface area contributed by atoms with Crippen molar-refractivity contribution in [2.45, 2.75) is 38.3 Å². The minimum absolute atomic E-state index is 0.631. The van der Waals surface area contributed by atoms with Crippen LogP contribution in [0.5, 0.6) is 0 Å². The summed E-state index contributed by atoms with van der Waals surface area (Å²) in [6, 6.07) is 15.6. The fraction of sp³-hybridized carbons (Fsp3) is 0.353. The number of nitrogens with zero attached hydrogens (tertiary/aromatic N) is 1. The number of pyridine rings is 1. The third-order valence-electron chi connectivity index (χ3n) is 4.00. The van der Waals surface area contributed by atoms with E-state index in [0.29, 0.717) is 12.0 Å². The third-order valence-corrected chi connectivity index (χ3v) is 4.53. The zero-order chi connectivity index (χ0) is 13.9. The number of aromatic nitrogens is 1. The van der Waals surface area contributed by atoms with Gasteiger partial charge in [-0.1, -0.05) is 34.1 Å². The van der Waals surface area contributed by atoms with Crippen LogP contribution in [0.1, 0.15) is 35.7 Å². The Bertz CT molecular complexity index is 574. The Morgan fingerprint density at radius 2 is 1.90 bits per heavy atom. The van der Waals surface area contributed by atoms with Gasteiger partial charge >= 0.3 is 0 Å². The molecule has 0 spiro atoms. The van der Waals surface area contributed by atoms with Crippen LogP contribution in [-0.2, 0) is 6.54 Å². The van der Waals surface area contributed by atoms with Crippen molar-refractivity contribution in [3.05, 3.63) is 63.9 Å². The van der Waals surface area contributed by atoms with Crippen LogP contribution in [0.3, 0.4) is 0 Å². The zero-order valence-corrected chi connectivity index (χ0v) is 13.2. The van der Waals surface area contributed by atoms with Gasteiger partial charge in [-0.15, -0.1) is 0 Å². The molecule has 2 nitrogen and oxygen atoms in total. The molecule has 20 heavy (non-hydrogen) atoms. The topological polar surface area (TPSA) is 24.9 Å². The average Bonchev–Trinajstić information content (AvgIpc) is 2.39. The molecule has 0 atom stereocenters. The molecular weight excluding hydrogens is 312 g/mol. The lowest BCUT2D eigenvalue weighted by Gasteiger charge is -2.36. The average molecular weight is 331 g/mol. The molecule has 1 N–H and O–H groups in total. The van der Waals surface area contributed by atoms with Gasteiger partial charge in [-0.25, -0.2) is 0 Å². The second-order valence-electron chi connectivity index (χ2n) is 5.57. The normalized spacial score (nSPS) is 21.5. The molecule has 1 fully saturated rings. The number of aryl methyl sites for hydroxylation is 1. The second-order valence-corrected chi connectivity index (χ2v) is 6.48. The first-order valence-corrected chi connectivity index (χ1v) is 7.91. The van der Waals surface area contributed by atoms with Crippen LogP contribution in [0.2, 0.25) is 0 Å². The van der Waals surface area contributed by atoms with Gasteiger partial charge in [0.25, 0.3) is 0 Å². The Kier molecular flexibility index (Phi) is 4.18. The van der Waals surface area contributed by atoms with Crippen LogP contribution in [0.4, 0.5) is 0 Å². The van der Waals surface area contributed by atoms with Gasteiger partial charge in [0.05, 0.1) is 5.69 Å². The monoisotopic (exact) mass is 330 g/mol. The molecule has 1 aromatic carbocycles. The van der Waals surface area contributed by atoms with Crippen molar-refractivity contribution in [1.29, 1.82) is 0 Å². The zero-order valence-electron chi connectivity index (χ0n) is 11.6. The molecular formula is C17H19BrN2. The van der Waals surface area contributed by atoms with Gasteiger partial charge < -0.3 is 5.32 Å². The minimum Gasteiger partial charge on any atom is -0.308 e. The lowest BCUT2D eigenvalue weighted by molar-refractivity contribution is 0.288. The van der Waals surface area contributed by atoms with Gasteiger partial charge in [0.1, 0.15) is 0 Å². The summed E-state index contributed by atoms with van der Waals surface area (Å²) in [4.78, 5) is 4.52. The fourth-order valence-electron chi connectivity index (χ4n) is 2.74. The van der Waals surface area contributed by atoms with E-state index in [9.17, 15) is 0 Å². The summed E-state index contributed by atoms with van der Waals surface area (Å²) >= 11 is 3.48. The van der Waals surface area contributed by atoms with Crippen LogP contribution in [0.25, 0.3) is 0 Å². The predicted molar refractivity (Wildman–Crippen MR) is 85.7 cm³/mol. The fourth-order valence-corrected chi connectivity index (χ4v) is 3.00. The van der Waals surface area contributed by atoms with Crippen LogP contribution in [-0.4, -0.2) is 11.0 Å². The van der Waals surface area contributed by atoms with Gasteiger partial charge in [-0.05, 0) is 55.5 Å². The molecule has 0 bridgehead atoms. The van der Waals surface area contributed by atoms with Gasteiger partial charge in [0.2, 0.25) is 0 Å². The van der Waals surface area contributed by atoms with Gasteiger partial charge in [0.15, 0.2) is 0 Å². The Morgan fingerprint density at radius 1 is 1.15 bits per heavy atom. The molecule has 2 aromatic rings. The van der Waals surface area contributed by atoms with E-state index in [2.05, 4.69) is 62.6 Å². The summed E-state index contributed by atoms with van der Waals surface area (Å²) in [6.07, 6.45) is 2.46. The molecule has 1 aliphatic carbocycles. The molecule has 0 saturated heterocycles. The standard InChI is InChI=1S/C17H19BrN2/c1-12-3-2-4-16(20-12)11-19-17-9-14(10-17)13-5-7-15(18)8-6-13/h2-8,14,17,19H,9-11H2,1H3. The number of halogens is 1. The van der Waals surface area contributed by atoms with Crippen molar-refractivity contribution in [3.63, 3.8) is 0 Å². The number of hydrogen-bond acceptors (Lipinski definition) is 2. The molecule has 1 saturated carbocycles. The number of nitrogens with one attached hydrogen (secondary N) is 1. The lowest BCUT2D eigenvalue weighted by Crippen LogP contribution is -2.39. The molecule has 104 valence electrons. The maximum Gasteiger partial charge on any atom is 0.0544 e. The highest BCUT2D eigenvalue weighted by Gasteiger charge is 2.29. The van der Waals surface area contributed by atoms with Crippen LogP contribution >= 0.6 is 15.9 Å². The van der Waals surface area contributed by atoms with Crippen LogP contribution in [0, 0.1) is 6.92 Å². The van der Waals surface area contributed by atoms with E-state index in [1.807, 2.05) is 13.0 Å². The Hall–Kier alpha value is -1.19. The summed E-state index contributed by atoms with van der Waals surface area (Å²) in [5.74, 6) is 0.714. The maximum absolute atomic E-state index is 4.52. The van der Waals surface area contributed by atoms with Crippen molar-refractivity contribution < 1.29 is 0 Å².